The molecule has 0 radical (unpaired) electrons. The molecule has 0 aromatic heterocycles. The number of likely N-dealkylation sites (tertiary alicyclic amines) is 1. The van der Waals surface area contributed by atoms with E-state index in [0.717, 1.165) is 11.0 Å². The zero-order valence-electron chi connectivity index (χ0n) is 29.2. The van der Waals surface area contributed by atoms with Crippen LogP contribution in [0.25, 0.3) is 0 Å². The number of carbonyl (C=O) groups excluding carboxylic acids is 4. The van der Waals surface area contributed by atoms with Crippen LogP contribution in [-0.4, -0.2) is 124 Å². The maximum Gasteiger partial charge on any atom is 0.410 e. The van der Waals surface area contributed by atoms with Crippen LogP contribution in [0.3, 0.4) is 0 Å². The Bertz CT molecular complexity index is 1470. The van der Waals surface area contributed by atoms with Gasteiger partial charge in [-0.05, 0) is 57.7 Å². The zero-order valence-corrected chi connectivity index (χ0v) is 32.2. The third-order valence-corrected chi connectivity index (χ3v) is 9.81. The van der Waals surface area contributed by atoms with Gasteiger partial charge in [0, 0.05) is 52.1 Å². The number of nitrogens with zero attached hydrogens (tertiary/aromatic N) is 3. The second-order valence-corrected chi connectivity index (χ2v) is 17.2. The third-order valence-electron chi connectivity index (χ3n) is 9.18. The quantitative estimate of drug-likeness (QED) is 0.289. The molecule has 12 nitrogen and oxygen atoms in total. The first-order chi connectivity index (χ1) is 24.1. The molecule has 1 unspecified atom stereocenters. The summed E-state index contributed by atoms with van der Waals surface area (Å²) in [5, 5.41) is 5.16. The number of carbonyl (C=O) groups is 4. The molecule has 52 heavy (non-hydrogen) atoms. The number of hydrogen-bond acceptors (Lipinski definition) is 8. The van der Waals surface area contributed by atoms with E-state index in [0.29, 0.717) is 32.8 Å². The lowest BCUT2D eigenvalue weighted by Gasteiger charge is -2.47. The van der Waals surface area contributed by atoms with E-state index in [-0.39, 0.29) is 36.6 Å². The van der Waals surface area contributed by atoms with Gasteiger partial charge < -0.3 is 34.6 Å². The van der Waals surface area contributed by atoms with E-state index in [1.54, 1.807) is 20.8 Å². The summed E-state index contributed by atoms with van der Waals surface area (Å²) in [6, 6.07) is 3.80. The highest BCUT2D eigenvalue weighted by molar-refractivity contribution is 6.67. The summed E-state index contributed by atoms with van der Waals surface area (Å²) >= 11 is 23.2. The molecule has 1 aromatic rings. The lowest BCUT2D eigenvalue weighted by molar-refractivity contribution is -0.157. The molecule has 3 aliphatic rings. The Morgan fingerprint density at radius 2 is 1.65 bits per heavy atom. The molecule has 2 saturated heterocycles. The number of amides is 4. The van der Waals surface area contributed by atoms with Crippen molar-refractivity contribution in [2.24, 2.45) is 0 Å². The van der Waals surface area contributed by atoms with E-state index in [4.69, 9.17) is 60.6 Å². The number of benzene rings is 1. The summed E-state index contributed by atoms with van der Waals surface area (Å²) in [6.07, 6.45) is -4.80. The van der Waals surface area contributed by atoms with Crippen LogP contribution in [0.4, 0.5) is 22.8 Å². The molecule has 292 valence electrons. The summed E-state index contributed by atoms with van der Waals surface area (Å²) in [5.74, 6) is -5.55. The highest BCUT2D eigenvalue weighted by Crippen LogP contribution is 2.42. The van der Waals surface area contributed by atoms with Crippen molar-refractivity contribution in [3.63, 3.8) is 0 Å². The van der Waals surface area contributed by atoms with Gasteiger partial charge in [0.1, 0.15) is 29.1 Å². The highest BCUT2D eigenvalue weighted by atomic mass is 35.6. The molecule has 19 heteroatoms. The van der Waals surface area contributed by atoms with Crippen LogP contribution in [0.2, 0.25) is 5.02 Å². The number of hydrogen-bond donors (Lipinski definition) is 2. The fourth-order valence-electron chi connectivity index (χ4n) is 6.43. The minimum Gasteiger partial charge on any atom is -0.445 e. The van der Waals surface area contributed by atoms with Gasteiger partial charge in [0.15, 0.2) is 0 Å². The van der Waals surface area contributed by atoms with Crippen molar-refractivity contribution in [3.05, 3.63) is 34.6 Å². The van der Waals surface area contributed by atoms with E-state index in [9.17, 15) is 27.6 Å². The van der Waals surface area contributed by atoms with Crippen LogP contribution >= 0.6 is 46.4 Å². The van der Waals surface area contributed by atoms with Gasteiger partial charge in [-0.25, -0.2) is 22.8 Å². The lowest BCUT2D eigenvalue weighted by Crippen LogP contribution is -2.69. The Morgan fingerprint density at radius 1 is 1.00 bits per heavy atom. The molecule has 3 fully saturated rings. The Balaban J connectivity index is 1.78. The van der Waals surface area contributed by atoms with Gasteiger partial charge in [-0.1, -0.05) is 52.5 Å². The maximum atomic E-state index is 15.1. The largest absolute Gasteiger partial charge is 0.445 e. The maximum absolute atomic E-state index is 15.1. The predicted molar refractivity (Wildman–Crippen MR) is 188 cm³/mol. The molecule has 0 spiro atoms. The molecule has 2 heterocycles. The van der Waals surface area contributed by atoms with E-state index in [1.807, 2.05) is 0 Å². The average molecular weight is 822 g/mol. The van der Waals surface area contributed by atoms with E-state index in [2.05, 4.69) is 15.5 Å². The highest BCUT2D eigenvalue weighted by Gasteiger charge is 2.58. The molecule has 4 rings (SSSR count). The van der Waals surface area contributed by atoms with Gasteiger partial charge >= 0.3 is 12.2 Å². The van der Waals surface area contributed by atoms with Crippen molar-refractivity contribution >= 4 is 70.4 Å². The number of rotatable bonds is 10. The molecule has 1 aliphatic carbocycles. The second kappa shape index (κ2) is 16.9. The molecular weight excluding hydrogens is 777 g/mol. The number of nitrogens with one attached hydrogen (secondary N) is 2. The standard InChI is InChI=1S/C33H44Cl4F3N5O7/c1-29(2,3)52-28(49)44-12-10-31(20-44,25(46)41-11-13-43-14-16-50-17-15-43)45(19-22-4-5-23(34)24(38)18-22)26(47)30(6-8-32(39,40)9-7-30)42-27(48)51-21-33(35,36)37/h4-5,18H,6-17,19-21H2,1-3H3,(H,41,46)(H,42,48). The minimum atomic E-state index is -3.16. The van der Waals surface area contributed by atoms with Crippen LogP contribution in [-0.2, 0) is 30.3 Å². The number of ether oxygens (including phenoxy) is 3. The van der Waals surface area contributed by atoms with Crippen molar-refractivity contribution in [2.45, 2.75) is 85.8 Å². The molecule has 1 atom stereocenters. The third kappa shape index (κ3) is 11.3. The first kappa shape index (κ1) is 42.3. The molecule has 0 bridgehead atoms. The number of alkyl carbamates (subject to hydrolysis) is 1. The summed E-state index contributed by atoms with van der Waals surface area (Å²) in [5.41, 5.74) is -4.59. The normalized spacial score (nSPS) is 22.0. The molecule has 1 saturated carbocycles. The lowest BCUT2D eigenvalue weighted by atomic mass is 9.77. The number of halogens is 7. The first-order valence-corrected chi connectivity index (χ1v) is 18.4. The van der Waals surface area contributed by atoms with Gasteiger partial charge in [0.25, 0.3) is 0 Å². The molecule has 2 N–H and O–H groups in total. The van der Waals surface area contributed by atoms with Crippen LogP contribution in [0.1, 0.15) is 58.4 Å². The Morgan fingerprint density at radius 3 is 2.25 bits per heavy atom. The fraction of sp³-hybridized carbons (Fsp3) is 0.697. The molecule has 4 amide bonds. The summed E-state index contributed by atoms with van der Waals surface area (Å²) < 4.78 is 58.1. The van der Waals surface area contributed by atoms with Gasteiger partial charge in [0.05, 0.1) is 24.8 Å². The van der Waals surface area contributed by atoms with Crippen LogP contribution in [0.5, 0.6) is 0 Å². The molecule has 2 aliphatic heterocycles. The smallest absolute Gasteiger partial charge is 0.410 e. The van der Waals surface area contributed by atoms with Crippen molar-refractivity contribution in [1.82, 2.24) is 25.3 Å². The van der Waals surface area contributed by atoms with Crippen LogP contribution < -0.4 is 10.6 Å². The Kier molecular flexibility index (Phi) is 13.8. The minimum absolute atomic E-state index is 0.0334. The van der Waals surface area contributed by atoms with Crippen molar-refractivity contribution in [2.75, 3.05) is 59.1 Å². The van der Waals surface area contributed by atoms with Gasteiger partial charge in [-0.3, -0.25) is 14.5 Å². The summed E-state index contributed by atoms with van der Waals surface area (Å²) in [7, 11) is 0. The van der Waals surface area contributed by atoms with E-state index in [1.165, 1.54) is 17.0 Å². The second-order valence-electron chi connectivity index (χ2n) is 14.3. The Hall–Kier alpha value is -2.43. The van der Waals surface area contributed by atoms with Crippen LogP contribution in [0, 0.1) is 5.82 Å². The van der Waals surface area contributed by atoms with Gasteiger partial charge in [-0.15, -0.1) is 0 Å². The number of morpholine rings is 1. The monoisotopic (exact) mass is 819 g/mol. The SMILES string of the molecule is CC(C)(C)OC(=O)N1CCC(C(=O)NCCN2CCOCC2)(N(Cc2ccc(Cl)c(F)c2)C(=O)C2(NC(=O)OCC(Cl)(Cl)Cl)CCC(F)(F)CC2)C1. The van der Waals surface area contributed by atoms with Crippen molar-refractivity contribution in [1.29, 1.82) is 0 Å². The van der Waals surface area contributed by atoms with E-state index >= 15 is 4.79 Å². The fourth-order valence-corrected chi connectivity index (χ4v) is 6.71. The van der Waals surface area contributed by atoms with Crippen molar-refractivity contribution < 1.29 is 46.6 Å². The zero-order chi connectivity index (χ0) is 38.5. The van der Waals surface area contributed by atoms with Gasteiger partial charge in [-0.2, -0.15) is 0 Å². The van der Waals surface area contributed by atoms with Crippen LogP contribution in [0.15, 0.2) is 18.2 Å². The van der Waals surface area contributed by atoms with E-state index < -0.39 is 95.0 Å². The summed E-state index contributed by atoms with van der Waals surface area (Å²) in [4.78, 5) is 60.6. The molecule has 1 aromatic carbocycles. The van der Waals surface area contributed by atoms with Gasteiger partial charge in [0.2, 0.25) is 21.5 Å². The van der Waals surface area contributed by atoms with Crippen molar-refractivity contribution in [3.8, 4) is 0 Å². The summed E-state index contributed by atoms with van der Waals surface area (Å²) in [6.45, 7) is 6.42. The first-order valence-electron chi connectivity index (χ1n) is 16.9. The topological polar surface area (TPSA) is 130 Å². The predicted octanol–water partition coefficient (Wildman–Crippen LogP) is 5.68. The Labute approximate surface area is 320 Å². The molecular formula is C33H44Cl4F3N5O7. The average Bonchev–Trinajstić information content (AvgIpc) is 3.51. The number of alkyl halides is 5.